The van der Waals surface area contributed by atoms with E-state index in [4.69, 9.17) is 0 Å². The number of likely N-dealkylation sites (tertiary alicyclic amines) is 1. The summed E-state index contributed by atoms with van der Waals surface area (Å²) in [6.45, 7) is 9.33. The summed E-state index contributed by atoms with van der Waals surface area (Å²) in [5.41, 5.74) is -0.288. The molecule has 2 unspecified atom stereocenters. The predicted octanol–water partition coefficient (Wildman–Crippen LogP) is 0.749. The molecule has 5 heteroatoms. The average Bonchev–Trinajstić information content (AvgIpc) is 3.00. The van der Waals surface area contributed by atoms with Crippen molar-refractivity contribution >= 4 is 11.8 Å². The van der Waals surface area contributed by atoms with Gasteiger partial charge in [0, 0.05) is 32.1 Å². The van der Waals surface area contributed by atoms with Crippen molar-refractivity contribution in [1.82, 2.24) is 15.5 Å². The predicted molar refractivity (Wildman–Crippen MR) is 78.2 cm³/mol. The van der Waals surface area contributed by atoms with Gasteiger partial charge in [0.1, 0.15) is 0 Å². The van der Waals surface area contributed by atoms with E-state index in [1.807, 2.05) is 11.8 Å². The summed E-state index contributed by atoms with van der Waals surface area (Å²) in [4.78, 5) is 26.1. The normalized spacial score (nSPS) is 28.2. The molecule has 2 rings (SSSR count). The van der Waals surface area contributed by atoms with Crippen LogP contribution >= 0.6 is 0 Å². The maximum atomic E-state index is 12.6. The molecule has 0 saturated carbocycles. The third kappa shape index (κ3) is 2.97. The van der Waals surface area contributed by atoms with Gasteiger partial charge in [-0.1, -0.05) is 13.8 Å². The minimum atomic E-state index is -0.288. The number of nitrogens with zero attached hydrogens (tertiary/aromatic N) is 1. The van der Waals surface area contributed by atoms with Crippen LogP contribution < -0.4 is 10.6 Å². The molecule has 2 atom stereocenters. The second-order valence-electron chi connectivity index (χ2n) is 6.56. The number of hydrogen-bond acceptors (Lipinski definition) is 3. The van der Waals surface area contributed by atoms with Crippen LogP contribution in [0.2, 0.25) is 0 Å². The Morgan fingerprint density at radius 3 is 2.70 bits per heavy atom. The number of carbonyl (C=O) groups excluding carboxylic acids is 2. The van der Waals surface area contributed by atoms with Crippen LogP contribution in [0.4, 0.5) is 0 Å². The minimum absolute atomic E-state index is 0.0146. The standard InChI is InChI=1S/C15H27N3O2/c1-11(2)15(6-7-16-10-15)14(20)17-12(3)9-18-8-4-5-13(18)19/h11-12,16H,4-10H2,1-3H3,(H,17,20). The van der Waals surface area contributed by atoms with Crippen LogP contribution in [-0.2, 0) is 9.59 Å². The van der Waals surface area contributed by atoms with Crippen molar-refractivity contribution in [3.8, 4) is 0 Å². The number of rotatable bonds is 5. The molecule has 0 aromatic carbocycles. The number of nitrogens with one attached hydrogen (secondary N) is 2. The van der Waals surface area contributed by atoms with E-state index in [-0.39, 0.29) is 23.3 Å². The highest BCUT2D eigenvalue weighted by Crippen LogP contribution is 2.34. The summed E-state index contributed by atoms with van der Waals surface area (Å²) in [5.74, 6) is 0.668. The molecule has 0 aromatic heterocycles. The topological polar surface area (TPSA) is 61.4 Å². The molecule has 0 radical (unpaired) electrons. The fourth-order valence-corrected chi connectivity index (χ4v) is 3.30. The monoisotopic (exact) mass is 281 g/mol. The maximum absolute atomic E-state index is 12.6. The second kappa shape index (κ2) is 6.12. The van der Waals surface area contributed by atoms with E-state index in [9.17, 15) is 9.59 Å². The smallest absolute Gasteiger partial charge is 0.228 e. The molecule has 0 aromatic rings. The Hall–Kier alpha value is -1.10. The SMILES string of the molecule is CC(CN1CCCC1=O)NC(=O)C1(C(C)C)CCNC1. The van der Waals surface area contributed by atoms with Gasteiger partial charge in [0.15, 0.2) is 0 Å². The molecule has 0 aliphatic carbocycles. The zero-order valence-corrected chi connectivity index (χ0v) is 12.9. The van der Waals surface area contributed by atoms with Crippen molar-refractivity contribution in [2.24, 2.45) is 11.3 Å². The van der Waals surface area contributed by atoms with Gasteiger partial charge in [0.05, 0.1) is 5.41 Å². The first-order valence-electron chi connectivity index (χ1n) is 7.75. The van der Waals surface area contributed by atoms with E-state index in [0.29, 0.717) is 18.9 Å². The van der Waals surface area contributed by atoms with Crippen molar-refractivity contribution in [2.45, 2.75) is 46.1 Å². The summed E-state index contributed by atoms with van der Waals surface area (Å²) in [6.07, 6.45) is 2.49. The summed E-state index contributed by atoms with van der Waals surface area (Å²) < 4.78 is 0. The lowest BCUT2D eigenvalue weighted by Crippen LogP contribution is -2.51. The van der Waals surface area contributed by atoms with E-state index < -0.39 is 0 Å². The van der Waals surface area contributed by atoms with Crippen molar-refractivity contribution < 1.29 is 9.59 Å². The molecule has 2 heterocycles. The fourth-order valence-electron chi connectivity index (χ4n) is 3.30. The lowest BCUT2D eigenvalue weighted by molar-refractivity contribution is -0.134. The number of hydrogen-bond donors (Lipinski definition) is 2. The molecule has 0 bridgehead atoms. The van der Waals surface area contributed by atoms with Crippen LogP contribution in [0.3, 0.4) is 0 Å². The Labute approximate surface area is 121 Å². The molecule has 2 aliphatic heterocycles. The van der Waals surface area contributed by atoms with Gasteiger partial charge in [-0.25, -0.2) is 0 Å². The van der Waals surface area contributed by atoms with Crippen LogP contribution in [0, 0.1) is 11.3 Å². The summed E-state index contributed by atoms with van der Waals surface area (Å²) in [5, 5.41) is 6.42. The van der Waals surface area contributed by atoms with Gasteiger partial charge in [-0.3, -0.25) is 9.59 Å². The highest BCUT2D eigenvalue weighted by molar-refractivity contribution is 5.84. The zero-order chi connectivity index (χ0) is 14.8. The first-order chi connectivity index (χ1) is 9.45. The van der Waals surface area contributed by atoms with E-state index in [0.717, 1.165) is 32.5 Å². The van der Waals surface area contributed by atoms with Crippen LogP contribution in [0.1, 0.15) is 40.0 Å². The highest BCUT2D eigenvalue weighted by Gasteiger charge is 2.44. The van der Waals surface area contributed by atoms with Crippen LogP contribution in [0.25, 0.3) is 0 Å². The molecule has 5 nitrogen and oxygen atoms in total. The molecule has 2 fully saturated rings. The molecular weight excluding hydrogens is 254 g/mol. The highest BCUT2D eigenvalue weighted by atomic mass is 16.2. The second-order valence-corrected chi connectivity index (χ2v) is 6.56. The summed E-state index contributed by atoms with van der Waals surface area (Å²) in [6, 6.07) is 0.0146. The molecule has 2 saturated heterocycles. The maximum Gasteiger partial charge on any atom is 0.228 e. The Morgan fingerprint density at radius 2 is 2.20 bits per heavy atom. The lowest BCUT2D eigenvalue weighted by atomic mass is 9.75. The van der Waals surface area contributed by atoms with Gasteiger partial charge in [-0.15, -0.1) is 0 Å². The van der Waals surface area contributed by atoms with Gasteiger partial charge >= 0.3 is 0 Å². The molecule has 0 spiro atoms. The first-order valence-corrected chi connectivity index (χ1v) is 7.75. The third-order valence-electron chi connectivity index (χ3n) is 4.79. The van der Waals surface area contributed by atoms with Crippen LogP contribution in [0.5, 0.6) is 0 Å². The van der Waals surface area contributed by atoms with Crippen LogP contribution in [0.15, 0.2) is 0 Å². The van der Waals surface area contributed by atoms with Gasteiger partial charge in [-0.05, 0) is 32.2 Å². The Balaban J connectivity index is 1.91. The van der Waals surface area contributed by atoms with Crippen molar-refractivity contribution in [3.05, 3.63) is 0 Å². The molecule has 2 N–H and O–H groups in total. The van der Waals surface area contributed by atoms with Crippen molar-refractivity contribution in [2.75, 3.05) is 26.2 Å². The molecule has 2 aliphatic rings. The summed E-state index contributed by atoms with van der Waals surface area (Å²) >= 11 is 0. The lowest BCUT2D eigenvalue weighted by Gasteiger charge is -2.33. The Morgan fingerprint density at radius 1 is 1.45 bits per heavy atom. The number of amides is 2. The molecule has 20 heavy (non-hydrogen) atoms. The average molecular weight is 281 g/mol. The fraction of sp³-hybridized carbons (Fsp3) is 0.867. The quantitative estimate of drug-likeness (QED) is 0.782. The van der Waals surface area contributed by atoms with E-state index in [1.54, 1.807) is 0 Å². The number of carbonyl (C=O) groups is 2. The summed E-state index contributed by atoms with van der Waals surface area (Å²) in [7, 11) is 0. The van der Waals surface area contributed by atoms with E-state index in [1.165, 1.54) is 0 Å². The van der Waals surface area contributed by atoms with E-state index >= 15 is 0 Å². The van der Waals surface area contributed by atoms with E-state index in [2.05, 4.69) is 24.5 Å². The minimum Gasteiger partial charge on any atom is -0.351 e. The van der Waals surface area contributed by atoms with Gasteiger partial charge in [-0.2, -0.15) is 0 Å². The van der Waals surface area contributed by atoms with Gasteiger partial charge < -0.3 is 15.5 Å². The third-order valence-corrected chi connectivity index (χ3v) is 4.79. The van der Waals surface area contributed by atoms with Crippen molar-refractivity contribution in [1.29, 1.82) is 0 Å². The zero-order valence-electron chi connectivity index (χ0n) is 12.9. The largest absolute Gasteiger partial charge is 0.351 e. The molecular formula is C15H27N3O2. The van der Waals surface area contributed by atoms with Crippen LogP contribution in [-0.4, -0.2) is 48.9 Å². The Bertz CT molecular complexity index is 375. The molecule has 2 amide bonds. The molecule has 114 valence electrons. The van der Waals surface area contributed by atoms with Gasteiger partial charge in [0.2, 0.25) is 11.8 Å². The van der Waals surface area contributed by atoms with Crippen molar-refractivity contribution in [3.63, 3.8) is 0 Å². The first kappa shape index (κ1) is 15.3. The van der Waals surface area contributed by atoms with Gasteiger partial charge in [0.25, 0.3) is 0 Å². The Kier molecular flexibility index (Phi) is 4.68.